The lowest BCUT2D eigenvalue weighted by atomic mass is 10.1. The summed E-state index contributed by atoms with van der Waals surface area (Å²) in [4.78, 5) is 12.8. The van der Waals surface area contributed by atoms with Crippen molar-refractivity contribution in [3.8, 4) is 11.5 Å². The molecular formula is C24H30N2O6S. The number of sulfonamides is 1. The summed E-state index contributed by atoms with van der Waals surface area (Å²) in [5.74, 6) is 1.25. The van der Waals surface area contributed by atoms with Gasteiger partial charge in [-0.3, -0.25) is 4.79 Å². The molecule has 2 aromatic carbocycles. The molecule has 2 N–H and O–H groups in total. The molecule has 9 heteroatoms. The molecule has 2 atom stereocenters. The highest BCUT2D eigenvalue weighted by molar-refractivity contribution is 7.89. The van der Waals surface area contributed by atoms with E-state index < -0.39 is 10.0 Å². The first kappa shape index (κ1) is 23.5. The van der Waals surface area contributed by atoms with Crippen LogP contribution < -0.4 is 19.5 Å². The van der Waals surface area contributed by atoms with Crippen LogP contribution in [0, 0.1) is 0 Å². The van der Waals surface area contributed by atoms with Gasteiger partial charge in [0.1, 0.15) is 17.6 Å². The molecule has 2 aliphatic rings. The third-order valence-corrected chi connectivity index (χ3v) is 7.21. The summed E-state index contributed by atoms with van der Waals surface area (Å²) in [6, 6.07) is 9.78. The molecule has 0 bridgehead atoms. The number of nitrogens with one attached hydrogen (secondary N) is 2. The van der Waals surface area contributed by atoms with Crippen LogP contribution in [-0.4, -0.2) is 46.3 Å². The van der Waals surface area contributed by atoms with Crippen molar-refractivity contribution in [1.29, 1.82) is 0 Å². The van der Waals surface area contributed by atoms with Gasteiger partial charge in [-0.15, -0.1) is 0 Å². The number of ether oxygens (including phenoxy) is 3. The second kappa shape index (κ2) is 10.1. The zero-order chi connectivity index (χ0) is 23.4. The monoisotopic (exact) mass is 474 g/mol. The van der Waals surface area contributed by atoms with E-state index in [1.165, 1.54) is 24.3 Å². The minimum Gasteiger partial charge on any atom is -0.494 e. The Bertz CT molecular complexity index is 1090. The van der Waals surface area contributed by atoms with E-state index in [1.807, 2.05) is 26.0 Å². The molecule has 0 radical (unpaired) electrons. The standard InChI is InChI=1S/C24H30N2O6S/c1-3-30-22-12-18-11-16(2)32-23(18)13-19(22)14-25-24(27)17-6-8-21(9-7-17)33(28,29)26-15-20-5-4-10-31-20/h6-9,12-13,16,20,26H,3-5,10-11,14-15H2,1-2H3,(H,25,27). The lowest BCUT2D eigenvalue weighted by Gasteiger charge is -2.14. The Morgan fingerprint density at radius 2 is 2.00 bits per heavy atom. The van der Waals surface area contributed by atoms with E-state index in [4.69, 9.17) is 14.2 Å². The van der Waals surface area contributed by atoms with Gasteiger partial charge in [-0.05, 0) is 63.1 Å². The minimum absolute atomic E-state index is 0.0840. The number of fused-ring (bicyclic) bond motifs is 1. The van der Waals surface area contributed by atoms with Crippen LogP contribution in [0.25, 0.3) is 0 Å². The smallest absolute Gasteiger partial charge is 0.251 e. The van der Waals surface area contributed by atoms with Crippen LogP contribution in [0.5, 0.6) is 11.5 Å². The maximum atomic E-state index is 12.7. The number of hydrogen-bond donors (Lipinski definition) is 2. The SMILES string of the molecule is CCOc1cc2c(cc1CNC(=O)c1ccc(S(=O)(=O)NCC3CCCO3)cc1)OC(C)C2. The number of rotatable bonds is 9. The second-order valence-corrected chi connectivity index (χ2v) is 10.1. The molecule has 8 nitrogen and oxygen atoms in total. The molecule has 2 aliphatic heterocycles. The molecular weight excluding hydrogens is 444 g/mol. The van der Waals surface area contributed by atoms with Crippen molar-refractivity contribution in [2.45, 2.75) is 56.8 Å². The van der Waals surface area contributed by atoms with Gasteiger partial charge < -0.3 is 19.5 Å². The Kier molecular flexibility index (Phi) is 7.21. The molecule has 1 fully saturated rings. The van der Waals surface area contributed by atoms with Crippen LogP contribution in [0.4, 0.5) is 0 Å². The predicted molar refractivity (Wildman–Crippen MR) is 123 cm³/mol. The quantitative estimate of drug-likeness (QED) is 0.579. The summed E-state index contributed by atoms with van der Waals surface area (Å²) in [5.41, 5.74) is 2.30. The Morgan fingerprint density at radius 3 is 2.70 bits per heavy atom. The third-order valence-electron chi connectivity index (χ3n) is 5.77. The highest BCUT2D eigenvalue weighted by Gasteiger charge is 2.23. The van der Waals surface area contributed by atoms with E-state index in [1.54, 1.807) is 0 Å². The molecule has 1 saturated heterocycles. The highest BCUT2D eigenvalue weighted by atomic mass is 32.2. The van der Waals surface area contributed by atoms with Gasteiger partial charge in [0.15, 0.2) is 0 Å². The topological polar surface area (TPSA) is 103 Å². The molecule has 0 aromatic heterocycles. The number of carbonyl (C=O) groups is 1. The third kappa shape index (κ3) is 5.66. The van der Waals surface area contributed by atoms with Crippen LogP contribution in [0.1, 0.15) is 48.2 Å². The molecule has 178 valence electrons. The summed E-state index contributed by atoms with van der Waals surface area (Å²) >= 11 is 0. The molecule has 4 rings (SSSR count). The van der Waals surface area contributed by atoms with E-state index >= 15 is 0 Å². The van der Waals surface area contributed by atoms with Crippen molar-refractivity contribution in [3.63, 3.8) is 0 Å². The van der Waals surface area contributed by atoms with Gasteiger partial charge in [-0.2, -0.15) is 0 Å². The van der Waals surface area contributed by atoms with Crippen molar-refractivity contribution in [2.75, 3.05) is 19.8 Å². The first-order chi connectivity index (χ1) is 15.9. The molecule has 33 heavy (non-hydrogen) atoms. The largest absolute Gasteiger partial charge is 0.494 e. The fourth-order valence-electron chi connectivity index (χ4n) is 4.06. The Morgan fingerprint density at radius 1 is 1.21 bits per heavy atom. The van der Waals surface area contributed by atoms with Gasteiger partial charge in [0.25, 0.3) is 5.91 Å². The zero-order valence-electron chi connectivity index (χ0n) is 18.9. The fraction of sp³-hybridized carbons (Fsp3) is 0.458. The fourth-order valence-corrected chi connectivity index (χ4v) is 5.13. The van der Waals surface area contributed by atoms with Gasteiger partial charge in [-0.25, -0.2) is 13.1 Å². The lowest BCUT2D eigenvalue weighted by molar-refractivity contribution is 0.0950. The molecule has 1 amide bonds. The van der Waals surface area contributed by atoms with E-state index in [0.717, 1.165) is 41.9 Å². The molecule has 0 saturated carbocycles. The average molecular weight is 475 g/mol. The van der Waals surface area contributed by atoms with Crippen molar-refractivity contribution in [2.24, 2.45) is 0 Å². The van der Waals surface area contributed by atoms with Gasteiger partial charge in [-0.1, -0.05) is 0 Å². The number of hydrogen-bond acceptors (Lipinski definition) is 6. The normalized spacial score (nSPS) is 19.7. The summed E-state index contributed by atoms with van der Waals surface area (Å²) < 4.78 is 44.6. The number of amides is 1. The van der Waals surface area contributed by atoms with Crippen molar-refractivity contribution >= 4 is 15.9 Å². The number of carbonyl (C=O) groups excluding carboxylic acids is 1. The van der Waals surface area contributed by atoms with Gasteiger partial charge in [0, 0.05) is 42.8 Å². The Balaban J connectivity index is 1.38. The van der Waals surface area contributed by atoms with Crippen molar-refractivity contribution < 1.29 is 27.4 Å². The predicted octanol–water partition coefficient (Wildman–Crippen LogP) is 2.80. The van der Waals surface area contributed by atoms with Crippen LogP contribution in [-0.2, 0) is 27.7 Å². The summed E-state index contributed by atoms with van der Waals surface area (Å²) in [6.45, 7) is 5.63. The van der Waals surface area contributed by atoms with Gasteiger partial charge in [0.2, 0.25) is 10.0 Å². The minimum atomic E-state index is -3.66. The maximum Gasteiger partial charge on any atom is 0.251 e. The Labute approximate surface area is 194 Å². The van der Waals surface area contributed by atoms with Crippen molar-refractivity contribution in [3.05, 3.63) is 53.1 Å². The molecule has 2 aromatic rings. The lowest BCUT2D eigenvalue weighted by Crippen LogP contribution is -2.31. The molecule has 2 heterocycles. The maximum absolute atomic E-state index is 12.7. The molecule has 2 unspecified atom stereocenters. The van der Waals surface area contributed by atoms with E-state index in [-0.39, 0.29) is 36.1 Å². The molecule has 0 spiro atoms. The summed E-state index contributed by atoms with van der Waals surface area (Å²) in [5, 5.41) is 2.88. The molecule has 0 aliphatic carbocycles. The van der Waals surface area contributed by atoms with E-state index in [0.29, 0.717) is 18.8 Å². The van der Waals surface area contributed by atoms with Crippen molar-refractivity contribution in [1.82, 2.24) is 10.0 Å². The first-order valence-corrected chi connectivity index (χ1v) is 12.8. The van der Waals surface area contributed by atoms with Gasteiger partial charge >= 0.3 is 0 Å². The van der Waals surface area contributed by atoms with E-state index in [9.17, 15) is 13.2 Å². The van der Waals surface area contributed by atoms with Crippen LogP contribution >= 0.6 is 0 Å². The first-order valence-electron chi connectivity index (χ1n) is 11.3. The Hall–Kier alpha value is -2.62. The van der Waals surface area contributed by atoms with Crippen LogP contribution in [0.3, 0.4) is 0 Å². The summed E-state index contributed by atoms with van der Waals surface area (Å²) in [7, 11) is -3.66. The summed E-state index contributed by atoms with van der Waals surface area (Å²) in [6.07, 6.45) is 2.66. The van der Waals surface area contributed by atoms with Crippen LogP contribution in [0.15, 0.2) is 41.3 Å². The second-order valence-electron chi connectivity index (χ2n) is 8.33. The van der Waals surface area contributed by atoms with Crippen LogP contribution in [0.2, 0.25) is 0 Å². The number of benzene rings is 2. The average Bonchev–Trinajstić information content (AvgIpc) is 3.45. The van der Waals surface area contributed by atoms with E-state index in [2.05, 4.69) is 10.0 Å². The zero-order valence-corrected chi connectivity index (χ0v) is 19.7. The van der Waals surface area contributed by atoms with Gasteiger partial charge in [0.05, 0.1) is 17.6 Å². The highest BCUT2D eigenvalue weighted by Crippen LogP contribution is 2.35.